The Balaban J connectivity index is 1.74. The third-order valence-corrected chi connectivity index (χ3v) is 8.06. The van der Waals surface area contributed by atoms with E-state index < -0.39 is 21.4 Å². The molecule has 2 heterocycles. The van der Waals surface area contributed by atoms with Gasteiger partial charge < -0.3 is 10.6 Å². The van der Waals surface area contributed by atoms with E-state index in [0.717, 1.165) is 23.0 Å². The third kappa shape index (κ3) is 4.39. The summed E-state index contributed by atoms with van der Waals surface area (Å²) in [5, 5.41) is 7.57. The summed E-state index contributed by atoms with van der Waals surface area (Å²) in [4.78, 5) is 17.3. The number of nitrogens with two attached hydrogens (primary N) is 1. The second kappa shape index (κ2) is 9.70. The molecular weight excluding hydrogens is 475 g/mol. The number of halogens is 1. The van der Waals surface area contributed by atoms with Gasteiger partial charge in [0.15, 0.2) is 5.04 Å². The largest absolute Gasteiger partial charge is 0.468 e. The van der Waals surface area contributed by atoms with Gasteiger partial charge >= 0.3 is 5.97 Å². The smallest absolute Gasteiger partial charge is 0.317 e. The van der Waals surface area contributed by atoms with Gasteiger partial charge in [-0.3, -0.25) is 9.79 Å². The quantitative estimate of drug-likeness (QED) is 0.211. The number of esters is 1. The molecule has 0 spiro atoms. The van der Waals surface area contributed by atoms with Crippen molar-refractivity contribution in [2.45, 2.75) is 26.2 Å². The Kier molecular flexibility index (Phi) is 6.86. The van der Waals surface area contributed by atoms with Gasteiger partial charge in [0.2, 0.25) is 0 Å². The first-order valence-electron chi connectivity index (χ1n) is 11.2. The molecule has 0 saturated carbocycles. The Labute approximate surface area is 203 Å². The number of hydrogen-bond acceptors (Lipinski definition) is 8. The Bertz CT molecular complexity index is 1320. The number of sulfonamides is 1. The molecule has 1 aromatic carbocycles. The first-order chi connectivity index (χ1) is 16.8. The molecular formula is C23H27FN6O4S. The molecule has 1 aliphatic carbocycles. The van der Waals surface area contributed by atoms with E-state index >= 15 is 0 Å². The molecule has 10 nitrogen and oxygen atoms in total. The van der Waals surface area contributed by atoms with Crippen LogP contribution in [0.3, 0.4) is 0 Å². The number of carbonyl (C=O) groups excluding carboxylic acids is 1. The molecule has 186 valence electrons. The number of benzene rings is 1. The maximum Gasteiger partial charge on any atom is 0.317 e. The lowest BCUT2D eigenvalue weighted by Crippen LogP contribution is -2.54. The fraction of sp³-hybridized carbons (Fsp3) is 0.391. The third-order valence-electron chi connectivity index (χ3n) is 6.31. The van der Waals surface area contributed by atoms with E-state index in [9.17, 15) is 17.6 Å². The van der Waals surface area contributed by atoms with Crippen molar-refractivity contribution in [3.05, 3.63) is 53.1 Å². The summed E-state index contributed by atoms with van der Waals surface area (Å²) in [6.45, 7) is 2.21. The Morgan fingerprint density at radius 3 is 2.74 bits per heavy atom. The molecule has 0 unspecified atom stereocenters. The number of carbonyl (C=O) groups is 1. The van der Waals surface area contributed by atoms with Crippen LogP contribution in [0.5, 0.6) is 0 Å². The summed E-state index contributed by atoms with van der Waals surface area (Å²) in [6, 6.07) is 5.94. The van der Waals surface area contributed by atoms with Gasteiger partial charge in [0.1, 0.15) is 11.2 Å². The average Bonchev–Trinajstić information content (AvgIpc) is 3.26. The van der Waals surface area contributed by atoms with Crippen molar-refractivity contribution in [1.29, 1.82) is 0 Å². The summed E-state index contributed by atoms with van der Waals surface area (Å²) in [7, 11) is -2.76. The average molecular weight is 503 g/mol. The number of nitrogens with zero attached hydrogens (tertiary/aromatic N) is 5. The second-order valence-corrected chi connectivity index (χ2v) is 10.3. The Hall–Kier alpha value is -3.38. The molecule has 12 heteroatoms. The number of ether oxygens (including phenoxy) is 1. The zero-order chi connectivity index (χ0) is 25.2. The normalized spacial score (nSPS) is 20.9. The van der Waals surface area contributed by atoms with Crippen LogP contribution >= 0.6 is 0 Å². The van der Waals surface area contributed by atoms with Crippen LogP contribution in [-0.2, 0) is 26.0 Å². The van der Waals surface area contributed by atoms with Crippen LogP contribution in [0, 0.1) is 11.2 Å². The molecule has 1 aromatic heterocycles. The van der Waals surface area contributed by atoms with Crippen LogP contribution in [0.25, 0.3) is 11.8 Å². The molecule has 0 amide bonds. The van der Waals surface area contributed by atoms with E-state index in [1.807, 2.05) is 13.0 Å². The van der Waals surface area contributed by atoms with Crippen molar-refractivity contribution in [2.24, 2.45) is 21.4 Å². The predicted molar refractivity (Wildman–Crippen MR) is 130 cm³/mol. The van der Waals surface area contributed by atoms with Crippen LogP contribution in [0.4, 0.5) is 4.39 Å². The van der Waals surface area contributed by atoms with Crippen molar-refractivity contribution < 1.29 is 22.3 Å². The second-order valence-electron chi connectivity index (χ2n) is 8.45. The van der Waals surface area contributed by atoms with E-state index in [2.05, 4.69) is 15.2 Å². The van der Waals surface area contributed by atoms with E-state index in [1.165, 1.54) is 23.5 Å². The number of aliphatic imine (C=N–C) groups is 1. The molecule has 0 bridgehead atoms. The van der Waals surface area contributed by atoms with Gasteiger partial charge in [0.25, 0.3) is 10.0 Å². The summed E-state index contributed by atoms with van der Waals surface area (Å²) < 4.78 is 48.3. The van der Waals surface area contributed by atoms with Crippen LogP contribution in [0.1, 0.15) is 31.0 Å². The number of hydrazone groups is 1. The van der Waals surface area contributed by atoms with Crippen molar-refractivity contribution >= 4 is 33.3 Å². The van der Waals surface area contributed by atoms with Crippen molar-refractivity contribution in [1.82, 2.24) is 14.1 Å². The minimum atomic E-state index is -4.05. The molecule has 2 N–H and O–H groups in total. The van der Waals surface area contributed by atoms with E-state index in [4.69, 9.17) is 10.6 Å². The van der Waals surface area contributed by atoms with Gasteiger partial charge in [-0.15, -0.1) is 0 Å². The first kappa shape index (κ1) is 24.7. The number of rotatable bonds is 6. The zero-order valence-electron chi connectivity index (χ0n) is 19.5. The first-order valence-corrected chi connectivity index (χ1v) is 12.6. The summed E-state index contributed by atoms with van der Waals surface area (Å²) in [5.41, 5.74) is 1.74. The molecule has 1 fully saturated rings. The molecule has 2 aromatic rings. The summed E-state index contributed by atoms with van der Waals surface area (Å²) >= 11 is 0. The highest BCUT2D eigenvalue weighted by Crippen LogP contribution is 2.45. The summed E-state index contributed by atoms with van der Waals surface area (Å²) in [6.07, 6.45) is 5.69. The standard InChI is InChI=1S/C23H27FN6O4S/c1-3-9-26-21(14-27-25)35(32,33)29-10-8-17-11-20-16(12-23(17,15-29)22(31)34-2)13-28-30(20)19-6-4-18(24)5-7-19/h4-7,11,13-14H,3,8-10,12,15,25H2,1-2H3/b26-21?,27-14-/t23-/m0/s1. The lowest BCUT2D eigenvalue weighted by atomic mass is 9.69. The molecule has 4 rings (SSSR count). The highest BCUT2D eigenvalue weighted by atomic mass is 32.2. The van der Waals surface area contributed by atoms with Crippen molar-refractivity contribution in [3.8, 4) is 5.69 Å². The molecule has 1 saturated heterocycles. The van der Waals surface area contributed by atoms with Crippen molar-refractivity contribution in [2.75, 3.05) is 26.7 Å². The van der Waals surface area contributed by atoms with E-state index in [-0.39, 0.29) is 30.4 Å². The van der Waals surface area contributed by atoms with Crippen LogP contribution in [0.15, 0.2) is 46.1 Å². The maximum absolute atomic E-state index is 13.4. The molecule has 35 heavy (non-hydrogen) atoms. The number of methoxy groups -OCH3 is 1. The predicted octanol–water partition coefficient (Wildman–Crippen LogP) is 1.90. The number of piperidine rings is 1. The monoisotopic (exact) mass is 502 g/mol. The van der Waals surface area contributed by atoms with Gasteiger partial charge in [-0.1, -0.05) is 6.92 Å². The minimum Gasteiger partial charge on any atom is -0.468 e. The number of aromatic nitrogens is 2. The molecule has 2 aliphatic rings. The highest BCUT2D eigenvalue weighted by Gasteiger charge is 2.52. The highest BCUT2D eigenvalue weighted by molar-refractivity contribution is 8.06. The molecule has 1 atom stereocenters. The fourth-order valence-corrected chi connectivity index (χ4v) is 6.02. The minimum absolute atomic E-state index is 0.113. The number of hydrogen-bond donors (Lipinski definition) is 1. The lowest BCUT2D eigenvalue weighted by molar-refractivity contribution is -0.151. The van der Waals surface area contributed by atoms with Crippen LogP contribution in [0.2, 0.25) is 0 Å². The lowest BCUT2D eigenvalue weighted by Gasteiger charge is -2.43. The van der Waals surface area contributed by atoms with Crippen LogP contribution < -0.4 is 5.84 Å². The molecule has 1 aliphatic heterocycles. The SMILES string of the molecule is CCCN=C(/C=N\N)S(=O)(=O)N1CCC2=Cc3c(cnn3-c3ccc(F)cc3)C[C@]2(C(=O)OC)C1. The Morgan fingerprint density at radius 2 is 2.09 bits per heavy atom. The summed E-state index contributed by atoms with van der Waals surface area (Å²) in [5.74, 6) is 4.35. The van der Waals surface area contributed by atoms with Gasteiger partial charge in [-0.25, -0.2) is 17.5 Å². The van der Waals surface area contributed by atoms with Crippen LogP contribution in [-0.4, -0.2) is 66.5 Å². The van der Waals surface area contributed by atoms with Gasteiger partial charge in [0, 0.05) is 19.6 Å². The van der Waals surface area contributed by atoms with Gasteiger partial charge in [0.05, 0.1) is 30.9 Å². The molecule has 0 radical (unpaired) electrons. The fourth-order valence-electron chi connectivity index (χ4n) is 4.58. The topological polar surface area (TPSA) is 132 Å². The Morgan fingerprint density at radius 1 is 1.34 bits per heavy atom. The number of fused-ring (bicyclic) bond motifs is 2. The van der Waals surface area contributed by atoms with Gasteiger partial charge in [-0.2, -0.15) is 14.5 Å². The zero-order valence-corrected chi connectivity index (χ0v) is 20.3. The van der Waals surface area contributed by atoms with E-state index in [1.54, 1.807) is 23.0 Å². The maximum atomic E-state index is 13.4. The van der Waals surface area contributed by atoms with E-state index in [0.29, 0.717) is 25.1 Å². The van der Waals surface area contributed by atoms with Gasteiger partial charge in [-0.05, 0) is 60.7 Å². The van der Waals surface area contributed by atoms with Crippen molar-refractivity contribution in [3.63, 3.8) is 0 Å².